The largest absolute Gasteiger partial charge is 0.591 e. The van der Waals surface area contributed by atoms with E-state index in [0.717, 1.165) is 0 Å². The Morgan fingerprint density at radius 2 is 1.52 bits per heavy atom. The SMILES string of the molecule is CC(C)(C)[S+]([O-])N=CCc1ccc(-c2ccccc2)cc1. The highest BCUT2D eigenvalue weighted by Crippen LogP contribution is 2.19. The zero-order chi connectivity index (χ0) is 15.3. The summed E-state index contributed by atoms with van der Waals surface area (Å²) in [5.41, 5.74) is 3.59. The first kappa shape index (κ1) is 15.8. The smallest absolute Gasteiger partial charge is 0.144 e. The Bertz CT molecular complexity index is 585. The molecule has 0 N–H and O–H groups in total. The molecule has 110 valence electrons. The first-order valence-corrected chi connectivity index (χ1v) is 8.16. The summed E-state index contributed by atoms with van der Waals surface area (Å²) >= 11 is -1.18. The normalized spacial score (nSPS) is 13.5. The Balaban J connectivity index is 1.99. The predicted molar refractivity (Wildman–Crippen MR) is 92.0 cm³/mol. The second kappa shape index (κ2) is 6.92. The van der Waals surface area contributed by atoms with Gasteiger partial charge in [0.1, 0.15) is 16.1 Å². The van der Waals surface area contributed by atoms with E-state index in [0.29, 0.717) is 6.42 Å². The van der Waals surface area contributed by atoms with Gasteiger partial charge in [0.15, 0.2) is 0 Å². The van der Waals surface area contributed by atoms with Gasteiger partial charge in [0.05, 0.1) is 6.21 Å². The average Bonchev–Trinajstić information content (AvgIpc) is 2.48. The zero-order valence-electron chi connectivity index (χ0n) is 12.7. The molecule has 0 amide bonds. The number of rotatable bonds is 4. The van der Waals surface area contributed by atoms with E-state index in [2.05, 4.69) is 40.8 Å². The molecule has 0 heterocycles. The first-order chi connectivity index (χ1) is 9.97. The van der Waals surface area contributed by atoms with Crippen molar-refractivity contribution in [3.8, 4) is 11.1 Å². The van der Waals surface area contributed by atoms with Crippen LogP contribution < -0.4 is 0 Å². The van der Waals surface area contributed by atoms with Crippen LogP contribution in [-0.2, 0) is 17.8 Å². The minimum atomic E-state index is -1.18. The molecule has 0 bridgehead atoms. The van der Waals surface area contributed by atoms with Crippen LogP contribution in [0.25, 0.3) is 11.1 Å². The van der Waals surface area contributed by atoms with Gasteiger partial charge in [-0.1, -0.05) is 59.0 Å². The van der Waals surface area contributed by atoms with Crippen molar-refractivity contribution in [2.75, 3.05) is 0 Å². The lowest BCUT2D eigenvalue weighted by molar-refractivity contribution is 0.561. The maximum Gasteiger partial charge on any atom is 0.144 e. The second-order valence-corrected chi connectivity index (χ2v) is 7.85. The fraction of sp³-hybridized carbons (Fsp3) is 0.278. The molecular formula is C18H21NOS. The molecule has 3 heteroatoms. The highest BCUT2D eigenvalue weighted by atomic mass is 32.2. The summed E-state index contributed by atoms with van der Waals surface area (Å²) in [4.78, 5) is 0. The molecule has 0 aliphatic rings. The van der Waals surface area contributed by atoms with Crippen LogP contribution in [-0.4, -0.2) is 15.5 Å². The number of nitrogens with zero attached hydrogens (tertiary/aromatic N) is 1. The molecule has 0 saturated carbocycles. The first-order valence-electron chi connectivity index (χ1n) is 7.06. The minimum absolute atomic E-state index is 0.298. The highest BCUT2D eigenvalue weighted by Gasteiger charge is 2.25. The van der Waals surface area contributed by atoms with Crippen molar-refractivity contribution in [1.82, 2.24) is 0 Å². The van der Waals surface area contributed by atoms with Crippen molar-refractivity contribution in [3.63, 3.8) is 0 Å². The van der Waals surface area contributed by atoms with Crippen LogP contribution in [0.15, 0.2) is 59.0 Å². The van der Waals surface area contributed by atoms with Crippen LogP contribution in [0.4, 0.5) is 0 Å². The van der Waals surface area contributed by atoms with Gasteiger partial charge in [0, 0.05) is 6.42 Å². The lowest BCUT2D eigenvalue weighted by atomic mass is 10.0. The molecule has 2 nitrogen and oxygen atoms in total. The van der Waals surface area contributed by atoms with Crippen LogP contribution in [0.2, 0.25) is 0 Å². The third kappa shape index (κ3) is 4.73. The molecule has 0 radical (unpaired) electrons. The van der Waals surface area contributed by atoms with E-state index in [4.69, 9.17) is 0 Å². The van der Waals surface area contributed by atoms with Crippen molar-refractivity contribution in [2.45, 2.75) is 31.9 Å². The second-order valence-electron chi connectivity index (χ2n) is 5.92. The monoisotopic (exact) mass is 299 g/mol. The maximum atomic E-state index is 11.8. The Hall–Kier alpha value is -1.58. The summed E-state index contributed by atoms with van der Waals surface area (Å²) in [6.45, 7) is 5.78. The molecule has 0 fully saturated rings. The number of benzene rings is 2. The standard InChI is InChI=1S/C18H21NOS/c1-18(2,3)21(20)19-14-13-15-9-11-17(12-10-15)16-7-5-4-6-8-16/h4-12,14H,13H2,1-3H3. The fourth-order valence-corrected chi connectivity index (χ4v) is 2.36. The topological polar surface area (TPSA) is 35.4 Å². The summed E-state index contributed by atoms with van der Waals surface area (Å²) in [5, 5.41) is 0. The molecule has 2 aromatic rings. The number of hydrogen-bond acceptors (Lipinski definition) is 2. The van der Waals surface area contributed by atoms with E-state index >= 15 is 0 Å². The van der Waals surface area contributed by atoms with Crippen LogP contribution in [0, 0.1) is 0 Å². The van der Waals surface area contributed by atoms with Gasteiger partial charge in [-0.15, -0.1) is 0 Å². The molecule has 0 spiro atoms. The Morgan fingerprint density at radius 1 is 0.952 bits per heavy atom. The molecule has 2 rings (SSSR count). The van der Waals surface area contributed by atoms with Crippen LogP contribution >= 0.6 is 0 Å². The molecule has 1 atom stereocenters. The highest BCUT2D eigenvalue weighted by molar-refractivity contribution is 7.91. The van der Waals surface area contributed by atoms with Gasteiger partial charge in [-0.25, -0.2) is 0 Å². The van der Waals surface area contributed by atoms with Crippen LogP contribution in [0.3, 0.4) is 0 Å². The summed E-state index contributed by atoms with van der Waals surface area (Å²) in [6.07, 6.45) is 2.45. The van der Waals surface area contributed by atoms with Crippen molar-refractivity contribution >= 4 is 17.6 Å². The third-order valence-corrected chi connectivity index (χ3v) is 4.47. The molecule has 1 unspecified atom stereocenters. The molecule has 2 aromatic carbocycles. The van der Waals surface area contributed by atoms with Gasteiger partial charge >= 0.3 is 0 Å². The zero-order valence-corrected chi connectivity index (χ0v) is 13.6. The van der Waals surface area contributed by atoms with E-state index in [1.165, 1.54) is 16.7 Å². The van der Waals surface area contributed by atoms with Crippen molar-refractivity contribution in [2.24, 2.45) is 4.40 Å². The summed E-state index contributed by atoms with van der Waals surface area (Å²) in [5.74, 6) is 0. The molecule has 21 heavy (non-hydrogen) atoms. The fourth-order valence-electron chi connectivity index (χ4n) is 1.83. The van der Waals surface area contributed by atoms with E-state index in [-0.39, 0.29) is 4.75 Å². The predicted octanol–water partition coefficient (Wildman–Crippen LogP) is 4.43. The average molecular weight is 299 g/mol. The Kier molecular flexibility index (Phi) is 5.21. The summed E-state index contributed by atoms with van der Waals surface area (Å²) in [7, 11) is 0. The summed E-state index contributed by atoms with van der Waals surface area (Å²) in [6, 6.07) is 18.7. The Morgan fingerprint density at radius 3 is 2.10 bits per heavy atom. The van der Waals surface area contributed by atoms with E-state index in [9.17, 15) is 4.55 Å². The lowest BCUT2D eigenvalue weighted by Gasteiger charge is -2.17. The molecular weight excluding hydrogens is 278 g/mol. The molecule has 0 aliphatic heterocycles. The van der Waals surface area contributed by atoms with Gasteiger partial charge in [-0.05, 0) is 37.5 Å². The van der Waals surface area contributed by atoms with Crippen molar-refractivity contribution in [1.29, 1.82) is 0 Å². The summed E-state index contributed by atoms with van der Waals surface area (Å²) < 4.78 is 15.6. The molecule has 0 aromatic heterocycles. The van der Waals surface area contributed by atoms with Crippen molar-refractivity contribution < 1.29 is 4.55 Å². The molecule has 0 saturated heterocycles. The number of hydrogen-bond donors (Lipinski definition) is 0. The van der Waals surface area contributed by atoms with E-state index in [1.54, 1.807) is 6.21 Å². The maximum absolute atomic E-state index is 11.8. The van der Waals surface area contributed by atoms with E-state index < -0.39 is 11.4 Å². The van der Waals surface area contributed by atoms with Gasteiger partial charge in [0.2, 0.25) is 0 Å². The van der Waals surface area contributed by atoms with Gasteiger partial charge in [-0.2, -0.15) is 0 Å². The minimum Gasteiger partial charge on any atom is -0.591 e. The van der Waals surface area contributed by atoms with Crippen LogP contribution in [0.1, 0.15) is 26.3 Å². The van der Waals surface area contributed by atoms with Gasteiger partial charge in [0.25, 0.3) is 0 Å². The van der Waals surface area contributed by atoms with Crippen LogP contribution in [0.5, 0.6) is 0 Å². The third-order valence-electron chi connectivity index (χ3n) is 3.08. The van der Waals surface area contributed by atoms with Gasteiger partial charge < -0.3 is 4.55 Å². The van der Waals surface area contributed by atoms with Crippen molar-refractivity contribution in [3.05, 3.63) is 60.2 Å². The van der Waals surface area contributed by atoms with E-state index in [1.807, 2.05) is 39.0 Å². The lowest BCUT2D eigenvalue weighted by Crippen LogP contribution is -2.25. The molecule has 0 aliphatic carbocycles. The van der Waals surface area contributed by atoms with Gasteiger partial charge in [-0.3, -0.25) is 0 Å². The quantitative estimate of drug-likeness (QED) is 0.607. The Labute approximate surface area is 130 Å².